The van der Waals surface area contributed by atoms with Crippen molar-refractivity contribution in [2.24, 2.45) is 22.7 Å². The molecule has 0 spiro atoms. The molecule has 2 aromatic rings. The molecule has 0 amide bonds. The average molecular weight is 438 g/mol. The number of hydrogen-bond donors (Lipinski definition) is 1. The van der Waals surface area contributed by atoms with Gasteiger partial charge in [-0.2, -0.15) is 5.10 Å². The Bertz CT molecular complexity index is 935. The summed E-state index contributed by atoms with van der Waals surface area (Å²) < 4.78 is 13.6. The maximum atomic E-state index is 12.4. The SMILES string of the molecule is C=C(N)c1ccc(C2CCC(COC(=O)C(C)Cc3ccccc3)O2)n1/N=C\C(C)CC. The van der Waals surface area contributed by atoms with E-state index in [1.165, 1.54) is 0 Å². The van der Waals surface area contributed by atoms with Gasteiger partial charge >= 0.3 is 5.97 Å². The summed E-state index contributed by atoms with van der Waals surface area (Å²) in [6, 6.07) is 13.9. The highest BCUT2D eigenvalue weighted by Crippen LogP contribution is 2.34. The molecule has 4 atom stereocenters. The minimum atomic E-state index is -0.195. The summed E-state index contributed by atoms with van der Waals surface area (Å²) in [6.07, 6.45) is 5.02. The van der Waals surface area contributed by atoms with Crippen LogP contribution in [-0.4, -0.2) is 29.6 Å². The number of hydrogen-bond acceptors (Lipinski definition) is 5. The number of rotatable bonds is 10. The first kappa shape index (κ1) is 23.8. The molecule has 0 aliphatic carbocycles. The molecule has 172 valence electrons. The number of carbonyl (C=O) groups excluding carboxylic acids is 1. The largest absolute Gasteiger partial charge is 0.463 e. The van der Waals surface area contributed by atoms with Gasteiger partial charge in [0.05, 0.1) is 29.1 Å². The van der Waals surface area contributed by atoms with E-state index in [-0.39, 0.29) is 30.7 Å². The number of esters is 1. The Morgan fingerprint density at radius 3 is 2.72 bits per heavy atom. The fourth-order valence-corrected chi connectivity index (χ4v) is 3.76. The lowest BCUT2D eigenvalue weighted by Gasteiger charge is -2.17. The van der Waals surface area contributed by atoms with Crippen LogP contribution in [0.2, 0.25) is 0 Å². The van der Waals surface area contributed by atoms with Crippen LogP contribution in [0.5, 0.6) is 0 Å². The number of nitrogens with two attached hydrogens (primary N) is 1. The molecule has 1 fully saturated rings. The molecular weight excluding hydrogens is 402 g/mol. The van der Waals surface area contributed by atoms with Gasteiger partial charge in [-0.05, 0) is 49.3 Å². The third-order valence-corrected chi connectivity index (χ3v) is 5.93. The Morgan fingerprint density at radius 2 is 2.03 bits per heavy atom. The lowest BCUT2D eigenvalue weighted by Crippen LogP contribution is -2.23. The third-order valence-electron chi connectivity index (χ3n) is 5.93. The maximum Gasteiger partial charge on any atom is 0.309 e. The summed E-state index contributed by atoms with van der Waals surface area (Å²) >= 11 is 0. The van der Waals surface area contributed by atoms with Crippen molar-refractivity contribution in [1.82, 2.24) is 4.68 Å². The summed E-state index contributed by atoms with van der Waals surface area (Å²) in [4.78, 5) is 12.4. The van der Waals surface area contributed by atoms with Crippen LogP contribution >= 0.6 is 0 Å². The highest BCUT2D eigenvalue weighted by atomic mass is 16.6. The molecule has 0 radical (unpaired) electrons. The monoisotopic (exact) mass is 437 g/mol. The van der Waals surface area contributed by atoms with Crippen molar-refractivity contribution in [3.8, 4) is 0 Å². The second-order valence-electron chi connectivity index (χ2n) is 8.68. The van der Waals surface area contributed by atoms with E-state index in [0.29, 0.717) is 18.0 Å². The van der Waals surface area contributed by atoms with E-state index in [2.05, 4.69) is 25.5 Å². The first-order valence-electron chi connectivity index (χ1n) is 11.5. The van der Waals surface area contributed by atoms with Crippen LogP contribution in [-0.2, 0) is 20.7 Å². The highest BCUT2D eigenvalue weighted by molar-refractivity contribution is 5.72. The normalized spacial score (nSPS) is 20.3. The Morgan fingerprint density at radius 1 is 1.28 bits per heavy atom. The molecule has 6 heteroatoms. The summed E-state index contributed by atoms with van der Waals surface area (Å²) in [6.45, 7) is 10.3. The zero-order valence-electron chi connectivity index (χ0n) is 19.4. The quantitative estimate of drug-likeness (QED) is 0.422. The molecule has 0 bridgehead atoms. The zero-order valence-corrected chi connectivity index (χ0v) is 19.4. The molecule has 1 saturated heterocycles. The van der Waals surface area contributed by atoms with Gasteiger partial charge in [-0.1, -0.05) is 57.7 Å². The molecule has 1 aliphatic heterocycles. The molecule has 2 heterocycles. The van der Waals surface area contributed by atoms with Crippen LogP contribution in [0.15, 0.2) is 54.1 Å². The van der Waals surface area contributed by atoms with Gasteiger partial charge in [0, 0.05) is 6.21 Å². The van der Waals surface area contributed by atoms with E-state index < -0.39 is 0 Å². The number of carbonyl (C=O) groups is 1. The van der Waals surface area contributed by atoms with Gasteiger partial charge in [0.1, 0.15) is 12.7 Å². The highest BCUT2D eigenvalue weighted by Gasteiger charge is 2.31. The standard InChI is InChI=1S/C26H35N3O3/c1-5-18(2)16-28-29-23(20(4)27)12-13-24(29)25-14-11-22(32-25)17-31-26(30)19(3)15-21-9-7-6-8-10-21/h6-10,12-13,16,18-19,22,25H,4-5,11,14-15,17,27H2,1-3H3/b28-16-. The van der Waals surface area contributed by atoms with Crippen molar-refractivity contribution in [1.29, 1.82) is 0 Å². The van der Waals surface area contributed by atoms with Gasteiger partial charge in [-0.15, -0.1) is 0 Å². The summed E-state index contributed by atoms with van der Waals surface area (Å²) in [5.41, 5.74) is 9.28. The molecule has 0 saturated carbocycles. The van der Waals surface area contributed by atoms with E-state index in [4.69, 9.17) is 15.2 Å². The van der Waals surface area contributed by atoms with Crippen molar-refractivity contribution in [3.05, 3.63) is 66.0 Å². The molecule has 1 aromatic carbocycles. The first-order chi connectivity index (χ1) is 15.4. The smallest absolute Gasteiger partial charge is 0.309 e. The van der Waals surface area contributed by atoms with Crippen LogP contribution in [0.3, 0.4) is 0 Å². The van der Waals surface area contributed by atoms with Crippen LogP contribution in [0.4, 0.5) is 0 Å². The van der Waals surface area contributed by atoms with Crippen molar-refractivity contribution < 1.29 is 14.3 Å². The number of aromatic nitrogens is 1. The predicted octanol–water partition coefficient (Wildman–Crippen LogP) is 4.94. The van der Waals surface area contributed by atoms with Crippen LogP contribution < -0.4 is 5.73 Å². The average Bonchev–Trinajstić information content (AvgIpc) is 3.43. The second-order valence-corrected chi connectivity index (χ2v) is 8.68. The Hall–Kier alpha value is -2.86. The molecule has 1 aromatic heterocycles. The molecular formula is C26H35N3O3. The van der Waals surface area contributed by atoms with Gasteiger partial charge in [0.25, 0.3) is 0 Å². The number of benzene rings is 1. The van der Waals surface area contributed by atoms with Crippen molar-refractivity contribution in [2.75, 3.05) is 6.61 Å². The van der Waals surface area contributed by atoms with Crippen molar-refractivity contribution >= 4 is 17.9 Å². The van der Waals surface area contributed by atoms with E-state index >= 15 is 0 Å². The number of ether oxygens (including phenoxy) is 2. The van der Waals surface area contributed by atoms with Crippen LogP contribution in [0, 0.1) is 11.8 Å². The second kappa shape index (κ2) is 11.1. The first-order valence-corrected chi connectivity index (χ1v) is 11.5. The summed E-state index contributed by atoms with van der Waals surface area (Å²) in [7, 11) is 0. The van der Waals surface area contributed by atoms with E-state index in [1.54, 1.807) is 0 Å². The zero-order chi connectivity index (χ0) is 23.1. The molecule has 4 unspecified atom stereocenters. The fourth-order valence-electron chi connectivity index (χ4n) is 3.76. The summed E-state index contributed by atoms with van der Waals surface area (Å²) in [5, 5.41) is 4.65. The predicted molar refractivity (Wildman–Crippen MR) is 128 cm³/mol. The van der Waals surface area contributed by atoms with Gasteiger partial charge in [0.2, 0.25) is 0 Å². The molecule has 3 rings (SSSR count). The molecule has 1 aliphatic rings. The van der Waals surface area contributed by atoms with Gasteiger partial charge in [-0.25, -0.2) is 4.68 Å². The number of nitrogens with zero attached hydrogens (tertiary/aromatic N) is 2. The van der Waals surface area contributed by atoms with Crippen molar-refractivity contribution in [2.45, 2.75) is 58.7 Å². The van der Waals surface area contributed by atoms with Crippen LogP contribution in [0.25, 0.3) is 5.70 Å². The van der Waals surface area contributed by atoms with E-state index in [1.807, 2.05) is 60.3 Å². The fraction of sp³-hybridized carbons (Fsp3) is 0.462. The van der Waals surface area contributed by atoms with E-state index in [0.717, 1.165) is 36.2 Å². The van der Waals surface area contributed by atoms with Crippen molar-refractivity contribution in [3.63, 3.8) is 0 Å². The Labute approximate surface area is 191 Å². The minimum Gasteiger partial charge on any atom is -0.463 e. The summed E-state index contributed by atoms with van der Waals surface area (Å²) in [5.74, 6) is -0.0253. The molecule has 2 N–H and O–H groups in total. The lowest BCUT2D eigenvalue weighted by atomic mass is 10.0. The topological polar surface area (TPSA) is 78.8 Å². The Kier molecular flexibility index (Phi) is 8.28. The lowest BCUT2D eigenvalue weighted by molar-refractivity contribution is -0.152. The van der Waals surface area contributed by atoms with Gasteiger partial charge in [0.15, 0.2) is 0 Å². The third kappa shape index (κ3) is 6.10. The minimum absolute atomic E-state index is 0.123. The van der Waals surface area contributed by atoms with Gasteiger partial charge in [-0.3, -0.25) is 4.79 Å². The van der Waals surface area contributed by atoms with Gasteiger partial charge < -0.3 is 15.2 Å². The molecule has 6 nitrogen and oxygen atoms in total. The van der Waals surface area contributed by atoms with E-state index in [9.17, 15) is 4.79 Å². The maximum absolute atomic E-state index is 12.4. The van der Waals surface area contributed by atoms with Crippen LogP contribution in [0.1, 0.15) is 63.1 Å². The molecule has 32 heavy (non-hydrogen) atoms. The Balaban J connectivity index is 1.58.